The normalized spacial score (nSPS) is 18.2. The Labute approximate surface area is 148 Å². The molecule has 5 nitrogen and oxygen atoms in total. The number of carbonyl (C=O) groups excluding carboxylic acids is 1. The monoisotopic (exact) mass is 358 g/mol. The first kappa shape index (κ1) is 17.6. The summed E-state index contributed by atoms with van der Waals surface area (Å²) >= 11 is 0. The van der Waals surface area contributed by atoms with Crippen LogP contribution >= 0.6 is 0 Å². The zero-order valence-electron chi connectivity index (χ0n) is 14.2. The first-order chi connectivity index (χ1) is 12.0. The fourth-order valence-electron chi connectivity index (χ4n) is 3.03. The Bertz CT molecular complexity index is 833. The second kappa shape index (κ2) is 7.37. The van der Waals surface area contributed by atoms with Crippen LogP contribution in [0.3, 0.4) is 0 Å². The molecule has 6 heteroatoms. The average Bonchev–Trinajstić information content (AvgIpc) is 3.12. The lowest BCUT2D eigenvalue weighted by atomic mass is 10.1. The van der Waals surface area contributed by atoms with E-state index in [0.29, 0.717) is 25.9 Å². The Balaban J connectivity index is 1.70. The molecule has 0 aromatic heterocycles. The molecule has 0 aliphatic carbocycles. The van der Waals surface area contributed by atoms with Gasteiger partial charge in [0.2, 0.25) is 15.9 Å². The van der Waals surface area contributed by atoms with Crippen molar-refractivity contribution < 1.29 is 13.2 Å². The number of nitrogens with one attached hydrogen (secondary N) is 1. The molecular weight excluding hydrogens is 336 g/mol. The second-order valence-electron chi connectivity index (χ2n) is 6.29. The van der Waals surface area contributed by atoms with Gasteiger partial charge >= 0.3 is 0 Å². The highest BCUT2D eigenvalue weighted by Gasteiger charge is 2.39. The van der Waals surface area contributed by atoms with Gasteiger partial charge in [0, 0.05) is 13.1 Å². The third kappa shape index (κ3) is 3.91. The molecule has 1 atom stereocenters. The quantitative estimate of drug-likeness (QED) is 0.893. The Morgan fingerprint density at radius 2 is 1.80 bits per heavy atom. The molecule has 0 saturated carbocycles. The molecule has 1 amide bonds. The minimum Gasteiger partial charge on any atom is -0.351 e. The number of hydrogen-bond donors (Lipinski definition) is 1. The highest BCUT2D eigenvalue weighted by molar-refractivity contribution is 7.89. The number of nitrogens with zero attached hydrogens (tertiary/aromatic N) is 1. The Morgan fingerprint density at radius 1 is 1.12 bits per heavy atom. The van der Waals surface area contributed by atoms with Gasteiger partial charge in [-0.15, -0.1) is 0 Å². The van der Waals surface area contributed by atoms with Crippen LogP contribution in [-0.4, -0.2) is 31.2 Å². The molecule has 1 N–H and O–H groups in total. The van der Waals surface area contributed by atoms with Crippen molar-refractivity contribution in [2.75, 3.05) is 6.54 Å². The van der Waals surface area contributed by atoms with Crippen molar-refractivity contribution in [1.82, 2.24) is 9.62 Å². The zero-order chi connectivity index (χ0) is 17.9. The molecule has 3 rings (SSSR count). The van der Waals surface area contributed by atoms with Crippen molar-refractivity contribution in [2.24, 2.45) is 0 Å². The van der Waals surface area contributed by atoms with Gasteiger partial charge in [-0.25, -0.2) is 8.42 Å². The van der Waals surface area contributed by atoms with E-state index in [1.54, 1.807) is 30.3 Å². The van der Waals surface area contributed by atoms with Crippen molar-refractivity contribution in [2.45, 2.75) is 37.2 Å². The average molecular weight is 358 g/mol. The molecule has 2 aromatic carbocycles. The molecule has 1 aliphatic heterocycles. The van der Waals surface area contributed by atoms with Gasteiger partial charge in [-0.1, -0.05) is 48.0 Å². The van der Waals surface area contributed by atoms with Gasteiger partial charge in [0.05, 0.1) is 4.90 Å². The maximum atomic E-state index is 12.8. The summed E-state index contributed by atoms with van der Waals surface area (Å²) in [6.45, 7) is 2.78. The van der Waals surface area contributed by atoms with Gasteiger partial charge in [-0.2, -0.15) is 4.31 Å². The van der Waals surface area contributed by atoms with Crippen LogP contribution < -0.4 is 5.32 Å². The molecule has 2 aromatic rings. The number of sulfonamides is 1. The number of benzene rings is 2. The molecule has 1 saturated heterocycles. The largest absolute Gasteiger partial charge is 0.351 e. The van der Waals surface area contributed by atoms with E-state index in [1.165, 1.54) is 4.31 Å². The van der Waals surface area contributed by atoms with E-state index in [0.717, 1.165) is 11.1 Å². The van der Waals surface area contributed by atoms with E-state index < -0.39 is 16.1 Å². The second-order valence-corrected chi connectivity index (χ2v) is 8.18. The molecule has 1 aliphatic rings. The summed E-state index contributed by atoms with van der Waals surface area (Å²) in [6, 6.07) is 15.5. The lowest BCUT2D eigenvalue weighted by Crippen LogP contribution is -2.45. The Kier molecular flexibility index (Phi) is 5.20. The highest BCUT2D eigenvalue weighted by Crippen LogP contribution is 2.26. The van der Waals surface area contributed by atoms with Gasteiger partial charge in [-0.3, -0.25) is 4.79 Å². The smallest absolute Gasteiger partial charge is 0.243 e. The minimum atomic E-state index is -3.65. The lowest BCUT2D eigenvalue weighted by molar-refractivity contribution is -0.124. The van der Waals surface area contributed by atoms with Gasteiger partial charge in [-0.05, 0) is 37.5 Å². The lowest BCUT2D eigenvalue weighted by Gasteiger charge is -2.23. The van der Waals surface area contributed by atoms with Crippen molar-refractivity contribution in [1.29, 1.82) is 0 Å². The number of carbonyl (C=O) groups is 1. The standard InChI is InChI=1S/C19H22N2O3S/c1-15-9-11-16(12-10-15)14-20-19(22)18-8-5-13-21(18)25(23,24)17-6-3-2-4-7-17/h2-4,6-7,9-12,18H,5,8,13-14H2,1H3,(H,20,22). The summed E-state index contributed by atoms with van der Waals surface area (Å²) < 4.78 is 26.9. The first-order valence-electron chi connectivity index (χ1n) is 8.38. The topological polar surface area (TPSA) is 66.5 Å². The molecule has 1 fully saturated rings. The summed E-state index contributed by atoms with van der Waals surface area (Å²) in [5, 5.41) is 2.87. The number of amides is 1. The molecule has 0 spiro atoms. The molecule has 0 radical (unpaired) electrons. The van der Waals surface area contributed by atoms with Crippen LogP contribution in [0, 0.1) is 6.92 Å². The fourth-order valence-corrected chi connectivity index (χ4v) is 4.71. The first-order valence-corrected chi connectivity index (χ1v) is 9.82. The molecule has 0 bridgehead atoms. The predicted octanol–water partition coefficient (Wildman–Crippen LogP) is 2.46. The van der Waals surface area contributed by atoms with Crippen LogP contribution in [0.1, 0.15) is 24.0 Å². The minimum absolute atomic E-state index is 0.230. The van der Waals surface area contributed by atoms with Crippen molar-refractivity contribution in [3.8, 4) is 0 Å². The maximum Gasteiger partial charge on any atom is 0.243 e. The SMILES string of the molecule is Cc1ccc(CNC(=O)C2CCCN2S(=O)(=O)c2ccccc2)cc1. The van der Waals surface area contributed by atoms with Crippen LogP contribution in [-0.2, 0) is 21.4 Å². The van der Waals surface area contributed by atoms with Crippen LogP contribution in [0.15, 0.2) is 59.5 Å². The molecule has 25 heavy (non-hydrogen) atoms. The highest BCUT2D eigenvalue weighted by atomic mass is 32.2. The molecular formula is C19H22N2O3S. The van der Waals surface area contributed by atoms with Crippen LogP contribution in [0.2, 0.25) is 0 Å². The van der Waals surface area contributed by atoms with E-state index in [1.807, 2.05) is 31.2 Å². The van der Waals surface area contributed by atoms with Crippen molar-refractivity contribution >= 4 is 15.9 Å². The summed E-state index contributed by atoms with van der Waals surface area (Å²) in [5.41, 5.74) is 2.15. The number of hydrogen-bond acceptors (Lipinski definition) is 3. The number of rotatable bonds is 5. The predicted molar refractivity (Wildman–Crippen MR) is 96.4 cm³/mol. The van der Waals surface area contributed by atoms with Crippen LogP contribution in [0.25, 0.3) is 0 Å². The van der Waals surface area contributed by atoms with E-state index in [9.17, 15) is 13.2 Å². The van der Waals surface area contributed by atoms with Gasteiger partial charge in [0.15, 0.2) is 0 Å². The van der Waals surface area contributed by atoms with Gasteiger partial charge in [0.25, 0.3) is 0 Å². The van der Waals surface area contributed by atoms with E-state index in [4.69, 9.17) is 0 Å². The summed E-state index contributed by atoms with van der Waals surface area (Å²) in [4.78, 5) is 12.8. The summed E-state index contributed by atoms with van der Waals surface area (Å²) in [5.74, 6) is -0.238. The van der Waals surface area contributed by atoms with E-state index >= 15 is 0 Å². The van der Waals surface area contributed by atoms with Crippen molar-refractivity contribution in [3.63, 3.8) is 0 Å². The number of aryl methyl sites for hydroxylation is 1. The van der Waals surface area contributed by atoms with Gasteiger partial charge in [0.1, 0.15) is 6.04 Å². The maximum absolute atomic E-state index is 12.8. The molecule has 132 valence electrons. The molecule has 1 heterocycles. The van der Waals surface area contributed by atoms with Crippen LogP contribution in [0.5, 0.6) is 0 Å². The Morgan fingerprint density at radius 3 is 2.48 bits per heavy atom. The molecule has 1 unspecified atom stereocenters. The summed E-state index contributed by atoms with van der Waals surface area (Å²) in [6.07, 6.45) is 1.24. The van der Waals surface area contributed by atoms with E-state index in [-0.39, 0.29) is 10.8 Å². The fraction of sp³-hybridized carbons (Fsp3) is 0.316. The third-order valence-corrected chi connectivity index (χ3v) is 6.37. The Hall–Kier alpha value is -2.18. The van der Waals surface area contributed by atoms with Gasteiger partial charge < -0.3 is 5.32 Å². The zero-order valence-corrected chi connectivity index (χ0v) is 15.0. The third-order valence-electron chi connectivity index (χ3n) is 4.44. The van der Waals surface area contributed by atoms with E-state index in [2.05, 4.69) is 5.32 Å². The summed E-state index contributed by atoms with van der Waals surface area (Å²) in [7, 11) is -3.65. The van der Waals surface area contributed by atoms with Crippen LogP contribution in [0.4, 0.5) is 0 Å². The van der Waals surface area contributed by atoms with Crippen molar-refractivity contribution in [3.05, 3.63) is 65.7 Å².